The van der Waals surface area contributed by atoms with Crippen LogP contribution < -0.4 is 9.47 Å². The number of hydrogen-bond acceptors (Lipinski definition) is 3. The van der Waals surface area contributed by atoms with Crippen molar-refractivity contribution in [3.8, 4) is 11.5 Å². The molecule has 2 rings (SSSR count). The third kappa shape index (κ3) is 4.85. The molecule has 0 aliphatic heterocycles. The van der Waals surface area contributed by atoms with Crippen molar-refractivity contribution in [1.29, 1.82) is 0 Å². The molecular weight excluding hydrogens is 288 g/mol. The summed E-state index contributed by atoms with van der Waals surface area (Å²) in [5.41, 5.74) is 2.61. The van der Waals surface area contributed by atoms with Crippen molar-refractivity contribution in [3.63, 3.8) is 0 Å². The van der Waals surface area contributed by atoms with E-state index in [0.29, 0.717) is 17.9 Å². The summed E-state index contributed by atoms with van der Waals surface area (Å²) < 4.78 is 11.8. The van der Waals surface area contributed by atoms with Crippen LogP contribution in [0.4, 0.5) is 0 Å². The molecule has 0 heterocycles. The Labute approximate surface area is 138 Å². The lowest BCUT2D eigenvalue weighted by Gasteiger charge is -2.26. The number of ether oxygens (including phenoxy) is 2. The zero-order chi connectivity index (χ0) is 16.9. The maximum Gasteiger partial charge on any atom is 0.150 e. The zero-order valence-corrected chi connectivity index (χ0v) is 14.3. The lowest BCUT2D eigenvalue weighted by atomic mass is 10.1. The van der Waals surface area contributed by atoms with E-state index in [4.69, 9.17) is 9.47 Å². The zero-order valence-electron chi connectivity index (χ0n) is 14.3. The highest BCUT2D eigenvalue weighted by atomic mass is 16.5. The predicted octanol–water partition coefficient (Wildman–Crippen LogP) is 4.95. The molecule has 0 aliphatic rings. The number of carbonyl (C=O) groups is 1. The van der Waals surface area contributed by atoms with Gasteiger partial charge < -0.3 is 9.47 Å². The summed E-state index contributed by atoms with van der Waals surface area (Å²) in [5, 5.41) is 0. The van der Waals surface area contributed by atoms with Gasteiger partial charge in [0.2, 0.25) is 0 Å². The summed E-state index contributed by atoms with van der Waals surface area (Å²) >= 11 is 0. The highest BCUT2D eigenvalue weighted by molar-refractivity contribution is 5.75. The smallest absolute Gasteiger partial charge is 0.150 e. The summed E-state index contributed by atoms with van der Waals surface area (Å²) in [6, 6.07) is 13.2. The minimum atomic E-state index is -0.169. The lowest BCUT2D eigenvalue weighted by molar-refractivity contribution is 0.104. The van der Waals surface area contributed by atoms with Gasteiger partial charge in [0.15, 0.2) is 0 Å². The van der Waals surface area contributed by atoms with E-state index in [-0.39, 0.29) is 5.60 Å². The van der Waals surface area contributed by atoms with Crippen molar-refractivity contribution in [2.24, 2.45) is 0 Å². The summed E-state index contributed by atoms with van der Waals surface area (Å²) in [5.74, 6) is 1.60. The highest BCUT2D eigenvalue weighted by Gasteiger charge is 2.17. The van der Waals surface area contributed by atoms with Gasteiger partial charge in [0.25, 0.3) is 0 Å². The number of carbonyl (C=O) groups excluding carboxylic acids is 1. The van der Waals surface area contributed by atoms with Gasteiger partial charge in [-0.15, -0.1) is 0 Å². The summed E-state index contributed by atoms with van der Waals surface area (Å²) in [4.78, 5) is 10.8. The Morgan fingerprint density at radius 2 is 1.91 bits per heavy atom. The molecular formula is C20H24O3. The van der Waals surface area contributed by atoms with Crippen LogP contribution >= 0.6 is 0 Å². The largest absolute Gasteiger partial charge is 0.489 e. The molecule has 0 amide bonds. The molecule has 2 aromatic carbocycles. The minimum Gasteiger partial charge on any atom is -0.489 e. The molecule has 122 valence electrons. The maximum absolute atomic E-state index is 10.8. The standard InChI is InChI=1S/C20H24O3/c1-5-20(3,4)23-19-10-9-17(11-15(19)2)14-22-18-8-6-7-16(12-18)13-21/h6-13H,5,14H2,1-4H3. The molecule has 0 saturated heterocycles. The Morgan fingerprint density at radius 1 is 1.13 bits per heavy atom. The SMILES string of the molecule is CCC(C)(C)Oc1ccc(COc2cccc(C=O)c2)cc1C. The van der Waals surface area contributed by atoms with Crippen molar-refractivity contribution in [1.82, 2.24) is 0 Å². The Kier molecular flexibility index (Phi) is 5.43. The van der Waals surface area contributed by atoms with Crippen LogP contribution in [0.5, 0.6) is 11.5 Å². The fourth-order valence-electron chi connectivity index (χ4n) is 2.13. The predicted molar refractivity (Wildman–Crippen MR) is 92.3 cm³/mol. The first-order chi connectivity index (χ1) is 10.9. The van der Waals surface area contributed by atoms with Crippen LogP contribution in [0, 0.1) is 6.92 Å². The van der Waals surface area contributed by atoms with E-state index in [0.717, 1.165) is 29.6 Å². The fraction of sp³-hybridized carbons (Fsp3) is 0.350. The number of aryl methyl sites for hydroxylation is 1. The quantitative estimate of drug-likeness (QED) is 0.678. The lowest BCUT2D eigenvalue weighted by Crippen LogP contribution is -2.27. The van der Waals surface area contributed by atoms with E-state index in [1.807, 2.05) is 31.2 Å². The van der Waals surface area contributed by atoms with Crippen LogP contribution in [0.3, 0.4) is 0 Å². The molecule has 0 aliphatic carbocycles. The number of aldehydes is 1. The average Bonchev–Trinajstić information content (AvgIpc) is 2.55. The fourth-order valence-corrected chi connectivity index (χ4v) is 2.13. The van der Waals surface area contributed by atoms with Crippen molar-refractivity contribution in [2.75, 3.05) is 0 Å². The third-order valence-corrected chi connectivity index (χ3v) is 3.88. The monoisotopic (exact) mass is 312 g/mol. The molecule has 23 heavy (non-hydrogen) atoms. The van der Waals surface area contributed by atoms with Crippen LogP contribution in [0.25, 0.3) is 0 Å². The van der Waals surface area contributed by atoms with Gasteiger partial charge in [0.1, 0.15) is 30.0 Å². The van der Waals surface area contributed by atoms with Crippen molar-refractivity contribution < 1.29 is 14.3 Å². The molecule has 0 spiro atoms. The van der Waals surface area contributed by atoms with Crippen LogP contribution in [-0.2, 0) is 6.61 Å². The van der Waals surface area contributed by atoms with Gasteiger partial charge in [-0.25, -0.2) is 0 Å². The van der Waals surface area contributed by atoms with E-state index in [1.165, 1.54) is 0 Å². The molecule has 0 fully saturated rings. The molecule has 0 bridgehead atoms. The molecule has 3 heteroatoms. The second kappa shape index (κ2) is 7.32. The van der Waals surface area contributed by atoms with Gasteiger partial charge in [-0.05, 0) is 62.6 Å². The van der Waals surface area contributed by atoms with E-state index in [9.17, 15) is 4.79 Å². The molecule has 2 aromatic rings. The Hall–Kier alpha value is -2.29. The van der Waals surface area contributed by atoms with E-state index in [1.54, 1.807) is 12.1 Å². The Bertz CT molecular complexity index is 674. The van der Waals surface area contributed by atoms with Crippen molar-refractivity contribution >= 4 is 6.29 Å². The van der Waals surface area contributed by atoms with Crippen molar-refractivity contribution in [3.05, 3.63) is 59.2 Å². The Balaban J connectivity index is 2.04. The second-order valence-electron chi connectivity index (χ2n) is 6.29. The molecule has 3 nitrogen and oxygen atoms in total. The first-order valence-corrected chi connectivity index (χ1v) is 7.90. The first kappa shape index (κ1) is 17.1. The number of rotatable bonds is 7. The molecule has 0 N–H and O–H groups in total. The van der Waals surface area contributed by atoms with E-state index in [2.05, 4.69) is 26.8 Å². The molecule has 0 aromatic heterocycles. The summed E-state index contributed by atoms with van der Waals surface area (Å²) in [6.07, 6.45) is 1.77. The number of benzene rings is 2. The molecule has 0 radical (unpaired) electrons. The van der Waals surface area contributed by atoms with Gasteiger partial charge in [-0.2, -0.15) is 0 Å². The van der Waals surface area contributed by atoms with Gasteiger partial charge in [-0.1, -0.05) is 25.1 Å². The van der Waals surface area contributed by atoms with Crippen molar-refractivity contribution in [2.45, 2.75) is 46.3 Å². The average molecular weight is 312 g/mol. The normalized spacial score (nSPS) is 11.1. The van der Waals surface area contributed by atoms with Crippen LogP contribution in [0.1, 0.15) is 48.7 Å². The maximum atomic E-state index is 10.8. The van der Waals surface area contributed by atoms with Gasteiger partial charge in [0, 0.05) is 5.56 Å². The van der Waals surface area contributed by atoms with E-state index < -0.39 is 0 Å². The second-order valence-corrected chi connectivity index (χ2v) is 6.29. The van der Waals surface area contributed by atoms with Crippen LogP contribution in [-0.4, -0.2) is 11.9 Å². The van der Waals surface area contributed by atoms with Gasteiger partial charge in [0.05, 0.1) is 0 Å². The molecule has 0 unspecified atom stereocenters. The summed E-state index contributed by atoms with van der Waals surface area (Å²) in [7, 11) is 0. The number of hydrogen-bond donors (Lipinski definition) is 0. The first-order valence-electron chi connectivity index (χ1n) is 7.90. The van der Waals surface area contributed by atoms with E-state index >= 15 is 0 Å². The van der Waals surface area contributed by atoms with Crippen LogP contribution in [0.15, 0.2) is 42.5 Å². The minimum absolute atomic E-state index is 0.169. The third-order valence-electron chi connectivity index (χ3n) is 3.88. The topological polar surface area (TPSA) is 35.5 Å². The van der Waals surface area contributed by atoms with Gasteiger partial charge in [-0.3, -0.25) is 4.79 Å². The molecule has 0 atom stereocenters. The summed E-state index contributed by atoms with van der Waals surface area (Å²) in [6.45, 7) is 8.79. The molecule has 0 saturated carbocycles. The Morgan fingerprint density at radius 3 is 2.57 bits per heavy atom. The van der Waals surface area contributed by atoms with Crippen LogP contribution in [0.2, 0.25) is 0 Å². The van der Waals surface area contributed by atoms with Gasteiger partial charge >= 0.3 is 0 Å². The highest BCUT2D eigenvalue weighted by Crippen LogP contribution is 2.26.